The Morgan fingerprint density at radius 3 is 2.53 bits per heavy atom. The van der Waals surface area contributed by atoms with Gasteiger partial charge in [-0.1, -0.05) is 47.5 Å². The number of ether oxygens (including phenoxy) is 2. The normalized spacial score (nSPS) is 10.5. The number of carbonyl (C=O) groups is 2. The van der Waals surface area contributed by atoms with E-state index in [2.05, 4.69) is 10.4 Å². The minimum atomic E-state index is -0.764. The molecule has 166 valence electrons. The molecule has 1 N–H and O–H groups in total. The van der Waals surface area contributed by atoms with E-state index in [-0.39, 0.29) is 24.6 Å². The fourth-order valence-corrected chi connectivity index (χ4v) is 2.99. The molecule has 0 aliphatic rings. The predicted octanol–water partition coefficient (Wildman–Crippen LogP) is 3.07. The van der Waals surface area contributed by atoms with E-state index < -0.39 is 24.0 Å². The van der Waals surface area contributed by atoms with Crippen molar-refractivity contribution in [3.63, 3.8) is 0 Å². The molecule has 1 aromatic heterocycles. The molecule has 0 atom stereocenters. The number of rotatable bonds is 8. The van der Waals surface area contributed by atoms with Crippen molar-refractivity contribution < 1.29 is 19.1 Å². The highest BCUT2D eigenvalue weighted by atomic mass is 35.5. The summed E-state index contributed by atoms with van der Waals surface area (Å²) in [7, 11) is 0. The van der Waals surface area contributed by atoms with Gasteiger partial charge in [0.1, 0.15) is 0 Å². The highest BCUT2D eigenvalue weighted by Crippen LogP contribution is 2.17. The van der Waals surface area contributed by atoms with Crippen LogP contribution in [0.3, 0.4) is 0 Å². The first kappa shape index (κ1) is 23.0. The summed E-state index contributed by atoms with van der Waals surface area (Å²) in [6.07, 6.45) is 0. The molecule has 0 radical (unpaired) electrons. The zero-order chi connectivity index (χ0) is 23.1. The van der Waals surface area contributed by atoms with Gasteiger partial charge < -0.3 is 14.8 Å². The highest BCUT2D eigenvalue weighted by Gasteiger charge is 2.20. The molecule has 9 heteroatoms. The van der Waals surface area contributed by atoms with E-state index in [9.17, 15) is 14.4 Å². The van der Waals surface area contributed by atoms with E-state index in [1.807, 2.05) is 25.1 Å². The summed E-state index contributed by atoms with van der Waals surface area (Å²) in [5, 5.41) is 7.33. The van der Waals surface area contributed by atoms with Gasteiger partial charge in [0, 0.05) is 11.6 Å². The van der Waals surface area contributed by atoms with Gasteiger partial charge in [0.05, 0.1) is 18.4 Å². The largest absolute Gasteiger partial charge is 0.481 e. The van der Waals surface area contributed by atoms with E-state index in [0.29, 0.717) is 10.7 Å². The Morgan fingerprint density at radius 2 is 1.84 bits per heavy atom. The summed E-state index contributed by atoms with van der Waals surface area (Å²) in [5.41, 5.74) is 1.52. The molecule has 0 fully saturated rings. The first-order chi connectivity index (χ1) is 15.4. The zero-order valence-corrected chi connectivity index (χ0v) is 18.4. The number of nitrogens with zero attached hydrogens (tertiary/aromatic N) is 2. The van der Waals surface area contributed by atoms with Crippen LogP contribution in [0.5, 0.6) is 5.75 Å². The average Bonchev–Trinajstić information content (AvgIpc) is 2.78. The van der Waals surface area contributed by atoms with Crippen LogP contribution < -0.4 is 15.6 Å². The smallest absolute Gasteiger partial charge is 0.362 e. The number of halogens is 1. The van der Waals surface area contributed by atoms with E-state index >= 15 is 0 Å². The Hall–Kier alpha value is -3.65. The summed E-state index contributed by atoms with van der Waals surface area (Å²) in [6.45, 7) is 3.46. The number of esters is 1. The summed E-state index contributed by atoms with van der Waals surface area (Å²) in [5.74, 6) is -1.35. The number of nitrogens with one attached hydrogen (secondary N) is 1. The molecule has 0 spiro atoms. The van der Waals surface area contributed by atoms with Gasteiger partial charge in [-0.2, -0.15) is 9.78 Å². The molecule has 0 saturated heterocycles. The lowest BCUT2D eigenvalue weighted by Gasteiger charge is -2.13. The van der Waals surface area contributed by atoms with Crippen LogP contribution in [0, 0.1) is 6.92 Å². The number of hydrogen-bond acceptors (Lipinski definition) is 6. The third kappa shape index (κ3) is 5.73. The number of aromatic nitrogens is 2. The topological polar surface area (TPSA) is 99.5 Å². The summed E-state index contributed by atoms with van der Waals surface area (Å²) in [4.78, 5) is 37.2. The Balaban J connectivity index is 1.78. The van der Waals surface area contributed by atoms with Gasteiger partial charge in [-0.3, -0.25) is 9.59 Å². The number of benzene rings is 2. The zero-order valence-electron chi connectivity index (χ0n) is 17.6. The molecule has 0 saturated carbocycles. The van der Waals surface area contributed by atoms with Crippen molar-refractivity contribution in [2.45, 2.75) is 20.4 Å². The van der Waals surface area contributed by atoms with Crippen molar-refractivity contribution in [1.82, 2.24) is 15.1 Å². The molecular formula is C23H22ClN3O5. The molecule has 0 bridgehead atoms. The Morgan fingerprint density at radius 1 is 1.12 bits per heavy atom. The van der Waals surface area contributed by atoms with E-state index in [1.54, 1.807) is 37.3 Å². The van der Waals surface area contributed by atoms with E-state index in [4.69, 9.17) is 21.1 Å². The quantitative estimate of drug-likeness (QED) is 0.524. The molecule has 1 amide bonds. The summed E-state index contributed by atoms with van der Waals surface area (Å²) >= 11 is 6.08. The van der Waals surface area contributed by atoms with Gasteiger partial charge in [-0.05, 0) is 37.6 Å². The SMILES string of the molecule is CCOC(=O)c1nn(-c2ccc(C)cc2)c(=O)cc1OCC(=O)NCc1ccccc1Cl. The van der Waals surface area contributed by atoms with Gasteiger partial charge in [-0.25, -0.2) is 4.79 Å². The van der Waals surface area contributed by atoms with Crippen LogP contribution >= 0.6 is 11.6 Å². The van der Waals surface area contributed by atoms with Crippen LogP contribution in [0.15, 0.2) is 59.4 Å². The van der Waals surface area contributed by atoms with Gasteiger partial charge in [-0.15, -0.1) is 0 Å². The maximum absolute atomic E-state index is 12.6. The lowest BCUT2D eigenvalue weighted by atomic mass is 10.2. The predicted molar refractivity (Wildman–Crippen MR) is 119 cm³/mol. The molecule has 32 heavy (non-hydrogen) atoms. The maximum atomic E-state index is 12.6. The van der Waals surface area contributed by atoms with Crippen LogP contribution in [-0.4, -0.2) is 34.9 Å². The Bertz CT molecular complexity index is 1170. The number of amides is 1. The second-order valence-corrected chi connectivity index (χ2v) is 7.23. The van der Waals surface area contributed by atoms with Crippen LogP contribution in [0.25, 0.3) is 5.69 Å². The molecule has 1 heterocycles. The van der Waals surface area contributed by atoms with Crippen LogP contribution in [0.2, 0.25) is 5.02 Å². The first-order valence-corrected chi connectivity index (χ1v) is 10.3. The maximum Gasteiger partial charge on any atom is 0.362 e. The van der Waals surface area contributed by atoms with Crippen LogP contribution in [0.1, 0.15) is 28.5 Å². The summed E-state index contributed by atoms with van der Waals surface area (Å²) < 4.78 is 11.6. The lowest BCUT2D eigenvalue weighted by Crippen LogP contribution is -2.30. The minimum absolute atomic E-state index is 0.113. The molecule has 0 aliphatic carbocycles. The van der Waals surface area contributed by atoms with E-state index in [1.165, 1.54) is 0 Å². The fraction of sp³-hybridized carbons (Fsp3) is 0.217. The third-order valence-electron chi connectivity index (χ3n) is 4.44. The Labute approximate surface area is 189 Å². The van der Waals surface area contributed by atoms with Crippen molar-refractivity contribution in [1.29, 1.82) is 0 Å². The van der Waals surface area contributed by atoms with Crippen LogP contribution in [-0.2, 0) is 16.1 Å². The van der Waals surface area contributed by atoms with Crippen molar-refractivity contribution >= 4 is 23.5 Å². The molecule has 0 unspecified atom stereocenters. The second kappa shape index (κ2) is 10.6. The molecule has 3 rings (SSSR count). The monoisotopic (exact) mass is 455 g/mol. The van der Waals surface area contributed by atoms with Gasteiger partial charge in [0.2, 0.25) is 5.69 Å². The standard InChI is InChI=1S/C23H22ClN3O5/c1-3-31-23(30)22-19(12-21(29)27(26-22)17-10-8-15(2)9-11-17)32-14-20(28)25-13-16-6-4-5-7-18(16)24/h4-12H,3,13-14H2,1-2H3,(H,25,28). The molecule has 3 aromatic rings. The lowest BCUT2D eigenvalue weighted by molar-refractivity contribution is -0.123. The second-order valence-electron chi connectivity index (χ2n) is 6.82. The highest BCUT2D eigenvalue weighted by molar-refractivity contribution is 6.31. The molecular weight excluding hydrogens is 434 g/mol. The van der Waals surface area contributed by atoms with Crippen molar-refractivity contribution in [2.75, 3.05) is 13.2 Å². The molecule has 0 aliphatic heterocycles. The molecule has 2 aromatic carbocycles. The van der Waals surface area contributed by atoms with Crippen molar-refractivity contribution in [2.24, 2.45) is 0 Å². The summed E-state index contributed by atoms with van der Waals surface area (Å²) in [6, 6.07) is 15.3. The number of hydrogen-bond donors (Lipinski definition) is 1. The van der Waals surface area contributed by atoms with Crippen molar-refractivity contribution in [3.8, 4) is 11.4 Å². The number of aryl methyl sites for hydroxylation is 1. The number of carbonyl (C=O) groups excluding carboxylic acids is 2. The van der Waals surface area contributed by atoms with Gasteiger partial charge in [0.15, 0.2) is 12.4 Å². The van der Waals surface area contributed by atoms with Crippen LogP contribution in [0.4, 0.5) is 0 Å². The van der Waals surface area contributed by atoms with Gasteiger partial charge >= 0.3 is 5.97 Å². The van der Waals surface area contributed by atoms with Gasteiger partial charge in [0.25, 0.3) is 11.5 Å². The van der Waals surface area contributed by atoms with E-state index in [0.717, 1.165) is 21.9 Å². The molecule has 8 nitrogen and oxygen atoms in total. The van der Waals surface area contributed by atoms with Crippen molar-refractivity contribution in [3.05, 3.63) is 86.8 Å². The fourth-order valence-electron chi connectivity index (χ4n) is 2.79. The average molecular weight is 456 g/mol. The third-order valence-corrected chi connectivity index (χ3v) is 4.81. The Kier molecular flexibility index (Phi) is 7.62. The minimum Gasteiger partial charge on any atom is -0.481 e. The first-order valence-electron chi connectivity index (χ1n) is 9.90.